The maximum Gasteiger partial charge on any atom is 0.162 e. The van der Waals surface area contributed by atoms with Crippen molar-refractivity contribution in [2.75, 3.05) is 0 Å². The van der Waals surface area contributed by atoms with Crippen molar-refractivity contribution in [1.82, 2.24) is 0 Å². The lowest BCUT2D eigenvalue weighted by Crippen LogP contribution is -2.16. The highest BCUT2D eigenvalue weighted by atomic mass is 19.2. The molecule has 0 bridgehead atoms. The van der Waals surface area contributed by atoms with Crippen LogP contribution in [-0.4, -0.2) is 0 Å². The van der Waals surface area contributed by atoms with E-state index >= 15 is 0 Å². The Kier molecular flexibility index (Phi) is 5.73. The first-order chi connectivity index (χ1) is 11.6. The molecule has 0 nitrogen and oxygen atoms in total. The first-order valence-corrected chi connectivity index (χ1v) is 9.76. The second kappa shape index (κ2) is 7.80. The molecule has 2 unspecified atom stereocenters. The predicted octanol–water partition coefficient (Wildman–Crippen LogP) is 7.11. The van der Waals surface area contributed by atoms with Gasteiger partial charge in [0.25, 0.3) is 0 Å². The van der Waals surface area contributed by atoms with Crippen LogP contribution >= 0.6 is 0 Å². The SMILES string of the molecule is CCCC1CCC(c2ccc(C3C=CC(C)CC3)c(F)c2F)CC1. The van der Waals surface area contributed by atoms with Crippen LogP contribution in [-0.2, 0) is 0 Å². The smallest absolute Gasteiger partial charge is 0.162 e. The van der Waals surface area contributed by atoms with Gasteiger partial charge in [0.15, 0.2) is 11.6 Å². The molecule has 1 saturated carbocycles. The Morgan fingerprint density at radius 1 is 0.875 bits per heavy atom. The van der Waals surface area contributed by atoms with Gasteiger partial charge in [-0.2, -0.15) is 0 Å². The highest BCUT2D eigenvalue weighted by molar-refractivity contribution is 5.34. The summed E-state index contributed by atoms with van der Waals surface area (Å²) in [7, 11) is 0. The van der Waals surface area contributed by atoms with Crippen LogP contribution in [0.1, 0.15) is 88.2 Å². The van der Waals surface area contributed by atoms with Gasteiger partial charge in [0, 0.05) is 5.92 Å². The van der Waals surface area contributed by atoms with Gasteiger partial charge in [-0.25, -0.2) is 8.78 Å². The van der Waals surface area contributed by atoms with E-state index in [0.29, 0.717) is 17.0 Å². The van der Waals surface area contributed by atoms with Crippen LogP contribution in [0, 0.1) is 23.5 Å². The minimum atomic E-state index is -0.604. The summed E-state index contributed by atoms with van der Waals surface area (Å²) >= 11 is 0. The van der Waals surface area contributed by atoms with E-state index in [9.17, 15) is 8.78 Å². The number of hydrogen-bond donors (Lipinski definition) is 0. The van der Waals surface area contributed by atoms with Crippen LogP contribution in [0.4, 0.5) is 8.78 Å². The molecule has 0 heterocycles. The summed E-state index contributed by atoms with van der Waals surface area (Å²) in [4.78, 5) is 0. The van der Waals surface area contributed by atoms with Crippen molar-refractivity contribution < 1.29 is 8.78 Å². The summed E-state index contributed by atoms with van der Waals surface area (Å²) in [5.74, 6) is 0.374. The molecule has 24 heavy (non-hydrogen) atoms. The molecule has 3 rings (SSSR count). The molecule has 2 aliphatic rings. The summed E-state index contributed by atoms with van der Waals surface area (Å²) < 4.78 is 29.4. The molecule has 0 aliphatic heterocycles. The summed E-state index contributed by atoms with van der Waals surface area (Å²) in [5.41, 5.74) is 1.15. The number of rotatable bonds is 4. The fourth-order valence-corrected chi connectivity index (χ4v) is 4.57. The molecular weight excluding hydrogens is 302 g/mol. The van der Waals surface area contributed by atoms with Crippen LogP contribution in [0.15, 0.2) is 24.3 Å². The first-order valence-electron chi connectivity index (χ1n) is 9.76. The molecule has 0 spiro atoms. The van der Waals surface area contributed by atoms with E-state index in [2.05, 4.69) is 26.0 Å². The Morgan fingerprint density at radius 3 is 2.17 bits per heavy atom. The maximum atomic E-state index is 14.7. The number of hydrogen-bond acceptors (Lipinski definition) is 0. The molecule has 0 aromatic heterocycles. The Hall–Kier alpha value is -1.18. The van der Waals surface area contributed by atoms with E-state index < -0.39 is 11.6 Å². The van der Waals surface area contributed by atoms with E-state index in [1.54, 1.807) is 0 Å². The van der Waals surface area contributed by atoms with E-state index in [0.717, 1.165) is 44.4 Å². The maximum absolute atomic E-state index is 14.7. The molecule has 2 aliphatic carbocycles. The van der Waals surface area contributed by atoms with E-state index in [1.165, 1.54) is 12.8 Å². The van der Waals surface area contributed by atoms with Crippen LogP contribution in [0.2, 0.25) is 0 Å². The third-order valence-electron chi connectivity index (χ3n) is 6.13. The quantitative estimate of drug-likeness (QED) is 0.515. The molecule has 2 atom stereocenters. The molecule has 0 saturated heterocycles. The average molecular weight is 332 g/mol. The molecule has 1 aromatic carbocycles. The number of halogens is 2. The van der Waals surface area contributed by atoms with Gasteiger partial charge in [-0.05, 0) is 67.4 Å². The van der Waals surface area contributed by atoms with Crippen molar-refractivity contribution in [1.29, 1.82) is 0 Å². The molecule has 2 heteroatoms. The van der Waals surface area contributed by atoms with E-state index in [4.69, 9.17) is 0 Å². The van der Waals surface area contributed by atoms with Gasteiger partial charge in [0.1, 0.15) is 0 Å². The second-order valence-corrected chi connectivity index (χ2v) is 7.92. The second-order valence-electron chi connectivity index (χ2n) is 7.92. The zero-order chi connectivity index (χ0) is 17.1. The van der Waals surface area contributed by atoms with Crippen molar-refractivity contribution in [2.24, 2.45) is 11.8 Å². The minimum Gasteiger partial charge on any atom is -0.203 e. The number of benzene rings is 1. The van der Waals surface area contributed by atoms with Gasteiger partial charge in [0.2, 0.25) is 0 Å². The van der Waals surface area contributed by atoms with E-state index in [1.807, 2.05) is 12.1 Å². The van der Waals surface area contributed by atoms with Crippen molar-refractivity contribution in [3.63, 3.8) is 0 Å². The van der Waals surface area contributed by atoms with Gasteiger partial charge in [-0.15, -0.1) is 0 Å². The fraction of sp³-hybridized carbons (Fsp3) is 0.636. The molecule has 132 valence electrons. The Morgan fingerprint density at radius 2 is 1.54 bits per heavy atom. The first kappa shape index (κ1) is 17.6. The lowest BCUT2D eigenvalue weighted by atomic mass is 9.76. The molecular formula is C22H30F2. The van der Waals surface area contributed by atoms with Crippen molar-refractivity contribution in [3.05, 3.63) is 47.0 Å². The minimum absolute atomic E-state index is 0.0324. The normalized spacial score (nSPS) is 30.5. The van der Waals surface area contributed by atoms with E-state index in [-0.39, 0.29) is 11.8 Å². The Balaban J connectivity index is 1.75. The monoisotopic (exact) mass is 332 g/mol. The van der Waals surface area contributed by atoms with Crippen LogP contribution < -0.4 is 0 Å². The van der Waals surface area contributed by atoms with Crippen molar-refractivity contribution in [3.8, 4) is 0 Å². The summed E-state index contributed by atoms with van der Waals surface area (Å²) in [6.07, 6.45) is 13.0. The molecule has 1 fully saturated rings. The highest BCUT2D eigenvalue weighted by Crippen LogP contribution is 2.40. The summed E-state index contributed by atoms with van der Waals surface area (Å²) in [5, 5.41) is 0. The lowest BCUT2D eigenvalue weighted by Gasteiger charge is -2.29. The lowest BCUT2D eigenvalue weighted by molar-refractivity contribution is 0.302. The zero-order valence-electron chi connectivity index (χ0n) is 15.0. The Labute approximate surface area is 145 Å². The molecule has 0 N–H and O–H groups in total. The van der Waals surface area contributed by atoms with Crippen LogP contribution in [0.25, 0.3) is 0 Å². The predicted molar refractivity (Wildman–Crippen MR) is 96.2 cm³/mol. The van der Waals surface area contributed by atoms with Gasteiger partial charge in [-0.3, -0.25) is 0 Å². The van der Waals surface area contributed by atoms with Crippen LogP contribution in [0.5, 0.6) is 0 Å². The van der Waals surface area contributed by atoms with Gasteiger partial charge < -0.3 is 0 Å². The van der Waals surface area contributed by atoms with Gasteiger partial charge in [-0.1, -0.05) is 51.0 Å². The molecule has 0 radical (unpaired) electrons. The molecule has 0 amide bonds. The summed E-state index contributed by atoms with van der Waals surface area (Å²) in [6.45, 7) is 4.39. The topological polar surface area (TPSA) is 0 Å². The number of allylic oxidation sites excluding steroid dienone is 2. The van der Waals surface area contributed by atoms with Crippen LogP contribution in [0.3, 0.4) is 0 Å². The Bertz CT molecular complexity index is 582. The average Bonchev–Trinajstić information content (AvgIpc) is 2.59. The standard InChI is InChI=1S/C22H30F2/c1-3-4-16-7-11-18(12-8-16)20-14-13-19(21(23)22(20)24)17-9-5-15(2)6-10-17/h5,9,13-18H,3-4,6-8,10-12H2,1-2H3. The highest BCUT2D eigenvalue weighted by Gasteiger charge is 2.27. The van der Waals surface area contributed by atoms with Gasteiger partial charge >= 0.3 is 0 Å². The zero-order valence-corrected chi connectivity index (χ0v) is 15.0. The fourth-order valence-electron chi connectivity index (χ4n) is 4.57. The van der Waals surface area contributed by atoms with Crippen molar-refractivity contribution in [2.45, 2.75) is 77.0 Å². The van der Waals surface area contributed by atoms with Gasteiger partial charge in [0.05, 0.1) is 0 Å². The largest absolute Gasteiger partial charge is 0.203 e. The summed E-state index contributed by atoms with van der Waals surface area (Å²) in [6, 6.07) is 3.71. The third-order valence-corrected chi connectivity index (χ3v) is 6.13. The van der Waals surface area contributed by atoms with Crippen molar-refractivity contribution >= 4 is 0 Å². The molecule has 1 aromatic rings. The third kappa shape index (κ3) is 3.73.